The topological polar surface area (TPSA) is 63.9 Å². The highest BCUT2D eigenvalue weighted by Gasteiger charge is 2.26. The summed E-state index contributed by atoms with van der Waals surface area (Å²) in [4.78, 5) is 13.9. The van der Waals surface area contributed by atoms with E-state index in [0.29, 0.717) is 0 Å². The van der Waals surface area contributed by atoms with Crippen molar-refractivity contribution < 1.29 is 4.79 Å². The number of amides is 1. The molecule has 0 N–H and O–H groups in total. The summed E-state index contributed by atoms with van der Waals surface area (Å²) in [6.45, 7) is 4.07. The fraction of sp³-hybridized carbons (Fsp3) is 0.800. The van der Waals surface area contributed by atoms with E-state index in [0.717, 1.165) is 25.4 Å². The van der Waals surface area contributed by atoms with Crippen molar-refractivity contribution in [2.45, 2.75) is 32.7 Å². The molecule has 1 heterocycles. The van der Waals surface area contributed by atoms with Gasteiger partial charge in [-0.25, -0.2) is 4.68 Å². The van der Waals surface area contributed by atoms with Gasteiger partial charge in [0.1, 0.15) is 12.9 Å². The van der Waals surface area contributed by atoms with Crippen LogP contribution in [0.2, 0.25) is 0 Å². The van der Waals surface area contributed by atoms with Gasteiger partial charge in [-0.15, -0.1) is 5.10 Å². The first-order valence-corrected chi connectivity index (χ1v) is 5.78. The van der Waals surface area contributed by atoms with E-state index in [1.165, 1.54) is 23.9 Å². The highest BCUT2D eigenvalue weighted by atomic mass is 16.2. The lowest BCUT2D eigenvalue weighted by atomic mass is 10.3. The first-order valence-electron chi connectivity index (χ1n) is 5.78. The number of hydrogen-bond acceptors (Lipinski definition) is 4. The predicted molar refractivity (Wildman–Crippen MR) is 57.4 cm³/mol. The van der Waals surface area contributed by atoms with Crippen LogP contribution in [0.25, 0.3) is 0 Å². The van der Waals surface area contributed by atoms with Gasteiger partial charge in [0.25, 0.3) is 0 Å². The molecule has 2 rings (SSSR count). The molecule has 0 atom stereocenters. The van der Waals surface area contributed by atoms with Crippen molar-refractivity contribution in [2.75, 3.05) is 13.1 Å². The van der Waals surface area contributed by atoms with E-state index in [1.54, 1.807) is 0 Å². The number of hydrogen-bond donors (Lipinski definition) is 0. The van der Waals surface area contributed by atoms with Crippen LogP contribution in [0.5, 0.6) is 0 Å². The fourth-order valence-electron chi connectivity index (χ4n) is 1.69. The Labute approximate surface area is 94.6 Å². The minimum Gasteiger partial charge on any atom is -0.341 e. The summed E-state index contributed by atoms with van der Waals surface area (Å²) in [7, 11) is 0. The molecule has 1 aromatic heterocycles. The van der Waals surface area contributed by atoms with Gasteiger partial charge < -0.3 is 4.90 Å². The Kier molecular flexibility index (Phi) is 3.48. The second-order valence-electron chi connectivity index (χ2n) is 4.29. The number of rotatable bonds is 6. The third kappa shape index (κ3) is 3.01. The summed E-state index contributed by atoms with van der Waals surface area (Å²) in [6, 6.07) is 0. The van der Waals surface area contributed by atoms with Crippen molar-refractivity contribution in [3.8, 4) is 0 Å². The zero-order valence-corrected chi connectivity index (χ0v) is 9.54. The molecule has 88 valence electrons. The molecular weight excluding hydrogens is 206 g/mol. The summed E-state index contributed by atoms with van der Waals surface area (Å²) >= 11 is 0. The normalized spacial score (nSPS) is 15.1. The van der Waals surface area contributed by atoms with Crippen LogP contribution in [0.4, 0.5) is 0 Å². The maximum absolute atomic E-state index is 12.0. The Morgan fingerprint density at radius 2 is 2.38 bits per heavy atom. The summed E-state index contributed by atoms with van der Waals surface area (Å²) in [5.41, 5.74) is 0. The number of tetrazole rings is 1. The van der Waals surface area contributed by atoms with Crippen LogP contribution in [0.1, 0.15) is 26.2 Å². The third-order valence-electron chi connectivity index (χ3n) is 2.71. The maximum atomic E-state index is 12.0. The van der Waals surface area contributed by atoms with Gasteiger partial charge in [0, 0.05) is 13.1 Å². The molecule has 0 bridgehead atoms. The van der Waals surface area contributed by atoms with Crippen LogP contribution in [-0.2, 0) is 11.3 Å². The molecule has 1 aliphatic rings. The van der Waals surface area contributed by atoms with Crippen LogP contribution in [0.15, 0.2) is 6.33 Å². The SMILES string of the molecule is CCCN(CC1CC1)C(=O)Cn1cnnn1. The highest BCUT2D eigenvalue weighted by molar-refractivity contribution is 5.75. The minimum atomic E-state index is 0.112. The molecule has 0 unspecified atom stereocenters. The van der Waals surface area contributed by atoms with Crippen molar-refractivity contribution in [1.82, 2.24) is 25.1 Å². The van der Waals surface area contributed by atoms with Crippen molar-refractivity contribution >= 4 is 5.91 Å². The average molecular weight is 223 g/mol. The first-order chi connectivity index (χ1) is 7.79. The highest BCUT2D eigenvalue weighted by Crippen LogP contribution is 2.29. The van der Waals surface area contributed by atoms with E-state index in [2.05, 4.69) is 22.4 Å². The zero-order valence-electron chi connectivity index (χ0n) is 9.54. The van der Waals surface area contributed by atoms with E-state index in [-0.39, 0.29) is 12.5 Å². The zero-order chi connectivity index (χ0) is 11.4. The molecule has 0 spiro atoms. The molecule has 1 saturated carbocycles. The molecule has 1 aromatic rings. The van der Waals surface area contributed by atoms with Crippen molar-refractivity contribution in [3.63, 3.8) is 0 Å². The second kappa shape index (κ2) is 5.05. The van der Waals surface area contributed by atoms with E-state index in [4.69, 9.17) is 0 Å². The Morgan fingerprint density at radius 3 is 2.94 bits per heavy atom. The summed E-state index contributed by atoms with van der Waals surface area (Å²) < 4.78 is 1.47. The van der Waals surface area contributed by atoms with Crippen LogP contribution >= 0.6 is 0 Å². The first kappa shape index (κ1) is 11.0. The van der Waals surface area contributed by atoms with Gasteiger partial charge in [-0.05, 0) is 35.6 Å². The van der Waals surface area contributed by atoms with Crippen LogP contribution in [0.3, 0.4) is 0 Å². The molecule has 0 radical (unpaired) electrons. The standard InChI is InChI=1S/C10H17N5O/c1-2-5-14(6-9-3-4-9)10(16)7-15-8-11-12-13-15/h8-9H,2-7H2,1H3. The van der Waals surface area contributed by atoms with E-state index < -0.39 is 0 Å². The van der Waals surface area contributed by atoms with Gasteiger partial charge >= 0.3 is 0 Å². The van der Waals surface area contributed by atoms with Crippen LogP contribution in [-0.4, -0.2) is 44.1 Å². The van der Waals surface area contributed by atoms with Crippen LogP contribution in [0, 0.1) is 5.92 Å². The van der Waals surface area contributed by atoms with E-state index >= 15 is 0 Å². The molecule has 0 saturated heterocycles. The Balaban J connectivity index is 1.87. The van der Waals surface area contributed by atoms with Gasteiger partial charge in [0.15, 0.2) is 0 Å². The molecule has 1 fully saturated rings. The Bertz CT molecular complexity index is 333. The van der Waals surface area contributed by atoms with Gasteiger partial charge in [0.05, 0.1) is 0 Å². The smallest absolute Gasteiger partial charge is 0.244 e. The predicted octanol–water partition coefficient (Wildman–Crippen LogP) is 0.322. The lowest BCUT2D eigenvalue weighted by Gasteiger charge is -2.21. The molecule has 6 heteroatoms. The molecule has 0 aliphatic heterocycles. The number of carbonyl (C=O) groups excluding carboxylic acids is 1. The number of aromatic nitrogens is 4. The molecule has 1 amide bonds. The summed E-state index contributed by atoms with van der Waals surface area (Å²) in [5.74, 6) is 0.838. The van der Waals surface area contributed by atoms with Gasteiger partial charge in [0.2, 0.25) is 5.91 Å². The van der Waals surface area contributed by atoms with Crippen molar-refractivity contribution in [2.24, 2.45) is 5.92 Å². The Morgan fingerprint density at radius 1 is 1.56 bits per heavy atom. The second-order valence-corrected chi connectivity index (χ2v) is 4.29. The molecule has 0 aromatic carbocycles. The average Bonchev–Trinajstić information content (AvgIpc) is 2.94. The molecule has 1 aliphatic carbocycles. The summed E-state index contributed by atoms with van der Waals surface area (Å²) in [6.07, 6.45) is 4.99. The van der Waals surface area contributed by atoms with E-state index in [9.17, 15) is 4.79 Å². The number of carbonyl (C=O) groups is 1. The van der Waals surface area contributed by atoms with Crippen molar-refractivity contribution in [1.29, 1.82) is 0 Å². The minimum absolute atomic E-state index is 0.112. The lowest BCUT2D eigenvalue weighted by molar-refractivity contribution is -0.132. The van der Waals surface area contributed by atoms with Gasteiger partial charge in [-0.3, -0.25) is 4.79 Å². The van der Waals surface area contributed by atoms with E-state index in [1.807, 2.05) is 4.90 Å². The fourth-order valence-corrected chi connectivity index (χ4v) is 1.69. The van der Waals surface area contributed by atoms with Gasteiger partial charge in [-0.2, -0.15) is 0 Å². The third-order valence-corrected chi connectivity index (χ3v) is 2.71. The van der Waals surface area contributed by atoms with Crippen LogP contribution < -0.4 is 0 Å². The monoisotopic (exact) mass is 223 g/mol. The largest absolute Gasteiger partial charge is 0.341 e. The number of nitrogens with zero attached hydrogens (tertiary/aromatic N) is 5. The molecule has 6 nitrogen and oxygen atoms in total. The lowest BCUT2D eigenvalue weighted by Crippen LogP contribution is -2.36. The molecule has 16 heavy (non-hydrogen) atoms. The quantitative estimate of drug-likeness (QED) is 0.696. The van der Waals surface area contributed by atoms with Crippen molar-refractivity contribution in [3.05, 3.63) is 6.33 Å². The van der Waals surface area contributed by atoms with Gasteiger partial charge in [-0.1, -0.05) is 6.92 Å². The maximum Gasteiger partial charge on any atom is 0.244 e. The Hall–Kier alpha value is -1.46. The summed E-state index contributed by atoms with van der Waals surface area (Å²) in [5, 5.41) is 10.7. The molecular formula is C10H17N5O.